The van der Waals surface area contributed by atoms with E-state index < -0.39 is 0 Å². The van der Waals surface area contributed by atoms with Crippen molar-refractivity contribution in [3.8, 4) is 0 Å². The SMILES string of the molecule is Cc1cc(NC(=O)CCNC(=O)c2ccoc2)ccc1N1CCCC1. The van der Waals surface area contributed by atoms with Gasteiger partial charge in [-0.15, -0.1) is 0 Å². The Bertz CT molecular complexity index is 734. The number of benzene rings is 1. The van der Waals surface area contributed by atoms with Gasteiger partial charge in [0, 0.05) is 37.4 Å². The van der Waals surface area contributed by atoms with E-state index in [0.29, 0.717) is 5.56 Å². The Morgan fingerprint density at radius 2 is 2.00 bits per heavy atom. The summed E-state index contributed by atoms with van der Waals surface area (Å²) in [6.07, 6.45) is 5.51. The molecule has 1 aromatic carbocycles. The Labute approximate surface area is 147 Å². The second-order valence-corrected chi connectivity index (χ2v) is 6.26. The molecular weight excluding hydrogens is 318 g/mol. The highest BCUT2D eigenvalue weighted by Crippen LogP contribution is 2.26. The Morgan fingerprint density at radius 1 is 1.20 bits per heavy atom. The molecule has 0 atom stereocenters. The fourth-order valence-electron chi connectivity index (χ4n) is 3.05. The van der Waals surface area contributed by atoms with E-state index >= 15 is 0 Å². The largest absolute Gasteiger partial charge is 0.472 e. The van der Waals surface area contributed by atoms with E-state index in [1.807, 2.05) is 12.1 Å². The minimum atomic E-state index is -0.243. The van der Waals surface area contributed by atoms with Crippen molar-refractivity contribution >= 4 is 23.2 Å². The van der Waals surface area contributed by atoms with E-state index in [9.17, 15) is 9.59 Å². The molecule has 0 radical (unpaired) electrons. The molecule has 3 rings (SSSR count). The molecule has 132 valence electrons. The molecule has 0 bridgehead atoms. The highest BCUT2D eigenvalue weighted by molar-refractivity contribution is 5.95. The third-order valence-electron chi connectivity index (χ3n) is 4.35. The zero-order chi connectivity index (χ0) is 17.6. The fraction of sp³-hybridized carbons (Fsp3) is 0.368. The molecule has 0 spiro atoms. The molecule has 25 heavy (non-hydrogen) atoms. The quantitative estimate of drug-likeness (QED) is 0.847. The van der Waals surface area contributed by atoms with Gasteiger partial charge >= 0.3 is 0 Å². The molecule has 6 heteroatoms. The molecule has 0 aliphatic carbocycles. The standard InChI is InChI=1S/C19H23N3O3/c1-14-12-16(4-5-17(14)22-9-2-3-10-22)21-18(23)6-8-20-19(24)15-7-11-25-13-15/h4-5,7,11-13H,2-3,6,8-10H2,1H3,(H,20,24)(H,21,23). The molecule has 2 aromatic rings. The second kappa shape index (κ2) is 7.88. The fourth-order valence-corrected chi connectivity index (χ4v) is 3.05. The maximum absolute atomic E-state index is 12.0. The third kappa shape index (κ3) is 4.41. The van der Waals surface area contributed by atoms with Gasteiger partial charge in [-0.3, -0.25) is 9.59 Å². The predicted octanol–water partition coefficient (Wildman–Crippen LogP) is 2.95. The number of aryl methyl sites for hydroxylation is 1. The Balaban J connectivity index is 1.47. The molecule has 2 heterocycles. The summed E-state index contributed by atoms with van der Waals surface area (Å²) in [6.45, 7) is 4.54. The lowest BCUT2D eigenvalue weighted by atomic mass is 10.1. The first-order chi connectivity index (χ1) is 12.1. The molecule has 2 N–H and O–H groups in total. The molecule has 1 aliphatic rings. The van der Waals surface area contributed by atoms with Gasteiger partial charge in [0.1, 0.15) is 6.26 Å². The Kier molecular flexibility index (Phi) is 5.38. The molecule has 1 saturated heterocycles. The van der Waals surface area contributed by atoms with Crippen molar-refractivity contribution in [1.29, 1.82) is 0 Å². The number of anilines is 2. The van der Waals surface area contributed by atoms with Gasteiger partial charge in [-0.1, -0.05) is 0 Å². The number of hydrogen-bond donors (Lipinski definition) is 2. The van der Waals surface area contributed by atoms with Crippen LogP contribution in [0, 0.1) is 6.92 Å². The predicted molar refractivity (Wildman–Crippen MR) is 96.9 cm³/mol. The first-order valence-corrected chi connectivity index (χ1v) is 8.59. The lowest BCUT2D eigenvalue weighted by Gasteiger charge is -2.20. The van der Waals surface area contributed by atoms with E-state index in [0.717, 1.165) is 24.3 Å². The number of furan rings is 1. The van der Waals surface area contributed by atoms with Crippen LogP contribution in [0.3, 0.4) is 0 Å². The lowest BCUT2D eigenvalue weighted by molar-refractivity contribution is -0.116. The highest BCUT2D eigenvalue weighted by Gasteiger charge is 2.14. The number of hydrogen-bond acceptors (Lipinski definition) is 4. The summed E-state index contributed by atoms with van der Waals surface area (Å²) in [5, 5.41) is 5.57. The van der Waals surface area contributed by atoms with Crippen LogP contribution in [0.2, 0.25) is 0 Å². The molecule has 0 unspecified atom stereocenters. The minimum absolute atomic E-state index is 0.124. The van der Waals surface area contributed by atoms with Crippen LogP contribution in [-0.2, 0) is 4.79 Å². The summed E-state index contributed by atoms with van der Waals surface area (Å²) in [4.78, 5) is 26.2. The maximum Gasteiger partial charge on any atom is 0.254 e. The van der Waals surface area contributed by atoms with Gasteiger partial charge < -0.3 is 20.0 Å². The van der Waals surface area contributed by atoms with Crippen molar-refractivity contribution in [3.05, 3.63) is 47.9 Å². The third-order valence-corrected chi connectivity index (χ3v) is 4.35. The number of rotatable bonds is 6. The molecule has 6 nitrogen and oxygen atoms in total. The van der Waals surface area contributed by atoms with Crippen LogP contribution in [0.1, 0.15) is 35.2 Å². The van der Waals surface area contributed by atoms with Gasteiger partial charge in [0.25, 0.3) is 5.91 Å². The van der Waals surface area contributed by atoms with Crippen LogP contribution in [0.25, 0.3) is 0 Å². The molecule has 0 saturated carbocycles. The Hall–Kier alpha value is -2.76. The zero-order valence-corrected chi connectivity index (χ0v) is 14.4. The van der Waals surface area contributed by atoms with Crippen LogP contribution in [0.15, 0.2) is 41.2 Å². The van der Waals surface area contributed by atoms with E-state index in [-0.39, 0.29) is 24.8 Å². The topological polar surface area (TPSA) is 74.6 Å². The summed E-state index contributed by atoms with van der Waals surface area (Å²) < 4.78 is 4.86. The van der Waals surface area contributed by atoms with E-state index in [2.05, 4.69) is 28.5 Å². The van der Waals surface area contributed by atoms with E-state index in [1.54, 1.807) is 6.07 Å². The molecule has 1 aromatic heterocycles. The lowest BCUT2D eigenvalue weighted by Crippen LogP contribution is -2.27. The van der Waals surface area contributed by atoms with Crippen molar-refractivity contribution in [2.75, 3.05) is 29.9 Å². The number of carbonyl (C=O) groups excluding carboxylic acids is 2. The van der Waals surface area contributed by atoms with Crippen molar-refractivity contribution in [3.63, 3.8) is 0 Å². The summed E-state index contributed by atoms with van der Waals surface area (Å²) >= 11 is 0. The summed E-state index contributed by atoms with van der Waals surface area (Å²) in [5.74, 6) is -0.367. The van der Waals surface area contributed by atoms with E-state index in [4.69, 9.17) is 4.42 Å². The molecule has 1 fully saturated rings. The van der Waals surface area contributed by atoms with Gasteiger partial charge in [-0.05, 0) is 49.6 Å². The minimum Gasteiger partial charge on any atom is -0.472 e. The summed E-state index contributed by atoms with van der Waals surface area (Å²) in [7, 11) is 0. The van der Waals surface area contributed by atoms with Crippen LogP contribution in [0.4, 0.5) is 11.4 Å². The summed E-state index contributed by atoms with van der Waals surface area (Å²) in [5.41, 5.74) is 3.64. The smallest absolute Gasteiger partial charge is 0.254 e. The average molecular weight is 341 g/mol. The van der Waals surface area contributed by atoms with Crippen LogP contribution in [0.5, 0.6) is 0 Å². The van der Waals surface area contributed by atoms with Gasteiger partial charge in [-0.25, -0.2) is 0 Å². The number of nitrogens with one attached hydrogen (secondary N) is 2. The second-order valence-electron chi connectivity index (χ2n) is 6.26. The Morgan fingerprint density at radius 3 is 2.68 bits per heavy atom. The molecule has 1 aliphatic heterocycles. The van der Waals surface area contributed by atoms with Gasteiger partial charge in [-0.2, -0.15) is 0 Å². The maximum atomic E-state index is 12.0. The average Bonchev–Trinajstić information content (AvgIpc) is 3.29. The van der Waals surface area contributed by atoms with Crippen molar-refractivity contribution in [2.45, 2.75) is 26.2 Å². The normalized spacial score (nSPS) is 13.7. The molecule has 2 amide bonds. The monoisotopic (exact) mass is 341 g/mol. The molecular formula is C19H23N3O3. The first kappa shape index (κ1) is 17.1. The van der Waals surface area contributed by atoms with Gasteiger partial charge in [0.2, 0.25) is 5.91 Å². The zero-order valence-electron chi connectivity index (χ0n) is 14.4. The number of nitrogens with zero attached hydrogens (tertiary/aromatic N) is 1. The van der Waals surface area contributed by atoms with Crippen molar-refractivity contribution < 1.29 is 14.0 Å². The van der Waals surface area contributed by atoms with Crippen LogP contribution >= 0.6 is 0 Å². The highest BCUT2D eigenvalue weighted by atomic mass is 16.3. The number of amides is 2. The van der Waals surface area contributed by atoms with Crippen LogP contribution in [-0.4, -0.2) is 31.4 Å². The van der Waals surface area contributed by atoms with Crippen LogP contribution < -0.4 is 15.5 Å². The van der Waals surface area contributed by atoms with Crippen molar-refractivity contribution in [1.82, 2.24) is 5.32 Å². The van der Waals surface area contributed by atoms with Gasteiger partial charge in [0.15, 0.2) is 0 Å². The first-order valence-electron chi connectivity index (χ1n) is 8.59. The summed E-state index contributed by atoms with van der Waals surface area (Å²) in [6, 6.07) is 7.58. The van der Waals surface area contributed by atoms with Gasteiger partial charge in [0.05, 0.1) is 11.8 Å². The van der Waals surface area contributed by atoms with Crippen molar-refractivity contribution in [2.24, 2.45) is 0 Å². The number of carbonyl (C=O) groups is 2. The van der Waals surface area contributed by atoms with E-state index in [1.165, 1.54) is 31.1 Å².